The third kappa shape index (κ3) is 1.70. The van der Waals surface area contributed by atoms with Crippen LogP contribution in [0.3, 0.4) is 0 Å². The Morgan fingerprint density at radius 3 is 3.00 bits per heavy atom. The van der Waals surface area contributed by atoms with Crippen LogP contribution >= 0.6 is 11.8 Å². The van der Waals surface area contributed by atoms with Gasteiger partial charge in [-0.3, -0.25) is 0 Å². The Hall–Kier alpha value is -1.15. The first-order valence-electron chi connectivity index (χ1n) is 5.17. The van der Waals surface area contributed by atoms with Crippen LogP contribution in [-0.4, -0.2) is 11.9 Å². The van der Waals surface area contributed by atoms with Crippen LogP contribution in [0.2, 0.25) is 0 Å². The van der Waals surface area contributed by atoms with Crippen LogP contribution in [0.5, 0.6) is 5.75 Å². The van der Waals surface area contributed by atoms with Crippen LogP contribution in [-0.2, 0) is 0 Å². The van der Waals surface area contributed by atoms with Gasteiger partial charge in [-0.25, -0.2) is 0 Å². The van der Waals surface area contributed by atoms with E-state index in [1.165, 1.54) is 4.90 Å². The highest BCUT2D eigenvalue weighted by Crippen LogP contribution is 2.37. The fourth-order valence-electron chi connectivity index (χ4n) is 1.91. The second-order valence-electron chi connectivity index (χ2n) is 3.77. The Labute approximate surface area is 93.8 Å². The molecular weight excluding hydrogens is 204 g/mol. The molecule has 2 heteroatoms. The number of fused-ring (bicyclic) bond motifs is 2. The summed E-state index contributed by atoms with van der Waals surface area (Å²) in [5, 5.41) is 0. The molecule has 0 amide bonds. The summed E-state index contributed by atoms with van der Waals surface area (Å²) in [6, 6.07) is 8.28. The van der Waals surface area contributed by atoms with E-state index in [2.05, 4.69) is 42.5 Å². The van der Waals surface area contributed by atoms with E-state index >= 15 is 0 Å². The third-order valence-electron chi connectivity index (χ3n) is 2.74. The number of para-hydroxylation sites is 1. The molecule has 15 heavy (non-hydrogen) atoms. The molecule has 1 aliphatic heterocycles. The molecule has 1 aromatic carbocycles. The zero-order chi connectivity index (χ0) is 10.1. The highest BCUT2D eigenvalue weighted by atomic mass is 32.2. The molecule has 1 aliphatic carbocycles. The van der Waals surface area contributed by atoms with E-state index in [9.17, 15) is 0 Å². The summed E-state index contributed by atoms with van der Waals surface area (Å²) < 4.78 is 6.00. The van der Waals surface area contributed by atoms with Gasteiger partial charge >= 0.3 is 0 Å². The number of ether oxygens (including phenoxy) is 1. The van der Waals surface area contributed by atoms with Gasteiger partial charge in [0.1, 0.15) is 11.9 Å². The molecule has 2 unspecified atom stereocenters. The van der Waals surface area contributed by atoms with Crippen LogP contribution < -0.4 is 4.74 Å². The second-order valence-corrected chi connectivity index (χ2v) is 4.84. The third-order valence-corrected chi connectivity index (χ3v) is 3.94. The predicted octanol–water partition coefficient (Wildman–Crippen LogP) is 3.28. The normalized spacial score (nSPS) is 27.5. The van der Waals surface area contributed by atoms with Crippen molar-refractivity contribution in [2.75, 3.05) is 5.75 Å². The lowest BCUT2D eigenvalue weighted by molar-refractivity contribution is 0.210. The molecule has 1 aromatic rings. The van der Waals surface area contributed by atoms with Crippen LogP contribution in [0, 0.1) is 5.92 Å². The van der Waals surface area contributed by atoms with Gasteiger partial charge < -0.3 is 4.74 Å². The average molecular weight is 216 g/mol. The number of thioether (sulfide) groups is 1. The molecular formula is C13H12OS. The standard InChI is InChI=1S/C13H12OS/c1-2-6-11-10(5-1)9-15-13-8-4-3-7-12(13)14-11/h1-8,10-11H,9H2. The first-order valence-corrected chi connectivity index (χ1v) is 6.15. The van der Waals surface area contributed by atoms with E-state index in [1.807, 2.05) is 17.8 Å². The van der Waals surface area contributed by atoms with E-state index in [-0.39, 0.29) is 6.10 Å². The van der Waals surface area contributed by atoms with Gasteiger partial charge in [0.05, 0.1) is 0 Å². The van der Waals surface area contributed by atoms with Crippen molar-refractivity contribution < 1.29 is 4.74 Å². The van der Waals surface area contributed by atoms with Crippen LogP contribution in [0.1, 0.15) is 0 Å². The molecule has 76 valence electrons. The molecule has 0 saturated heterocycles. The fourth-order valence-corrected chi connectivity index (χ4v) is 3.02. The zero-order valence-electron chi connectivity index (χ0n) is 8.30. The van der Waals surface area contributed by atoms with Crippen molar-refractivity contribution >= 4 is 11.8 Å². The van der Waals surface area contributed by atoms with Gasteiger partial charge in [0.2, 0.25) is 0 Å². The summed E-state index contributed by atoms with van der Waals surface area (Å²) in [5.74, 6) is 2.63. The number of hydrogen-bond donors (Lipinski definition) is 0. The highest BCUT2D eigenvalue weighted by Gasteiger charge is 2.24. The van der Waals surface area contributed by atoms with Gasteiger partial charge in [-0.1, -0.05) is 30.4 Å². The van der Waals surface area contributed by atoms with Gasteiger partial charge in [-0.2, -0.15) is 0 Å². The SMILES string of the molecule is C1=CC2CSc3ccccc3OC2C=C1. The zero-order valence-corrected chi connectivity index (χ0v) is 9.11. The molecule has 0 radical (unpaired) electrons. The molecule has 0 bridgehead atoms. The topological polar surface area (TPSA) is 9.23 Å². The van der Waals surface area contributed by atoms with Crippen molar-refractivity contribution in [3.8, 4) is 5.75 Å². The van der Waals surface area contributed by atoms with Crippen LogP contribution in [0.15, 0.2) is 53.5 Å². The molecule has 3 rings (SSSR count). The summed E-state index contributed by atoms with van der Waals surface area (Å²) in [4.78, 5) is 1.26. The lowest BCUT2D eigenvalue weighted by atomic mass is 10.00. The maximum atomic E-state index is 6.00. The Morgan fingerprint density at radius 2 is 2.00 bits per heavy atom. The quantitative estimate of drug-likeness (QED) is 0.658. The second kappa shape index (κ2) is 3.78. The Kier molecular flexibility index (Phi) is 2.29. The minimum atomic E-state index is 0.214. The Bertz CT molecular complexity index is 422. The van der Waals surface area contributed by atoms with Crippen LogP contribution in [0.25, 0.3) is 0 Å². The van der Waals surface area contributed by atoms with E-state index in [4.69, 9.17) is 4.74 Å². The average Bonchev–Trinajstić information content (AvgIpc) is 2.48. The minimum Gasteiger partial charge on any atom is -0.485 e. The van der Waals surface area contributed by atoms with E-state index in [0.29, 0.717) is 5.92 Å². The first-order chi connectivity index (χ1) is 7.43. The van der Waals surface area contributed by atoms with E-state index < -0.39 is 0 Å². The highest BCUT2D eigenvalue weighted by molar-refractivity contribution is 7.99. The molecule has 0 spiro atoms. The van der Waals surface area contributed by atoms with Crippen LogP contribution in [0.4, 0.5) is 0 Å². The predicted molar refractivity (Wildman–Crippen MR) is 63.4 cm³/mol. The molecule has 0 aromatic heterocycles. The summed E-state index contributed by atoms with van der Waals surface area (Å²) in [5.41, 5.74) is 0. The number of rotatable bonds is 0. The molecule has 0 N–H and O–H groups in total. The monoisotopic (exact) mass is 216 g/mol. The van der Waals surface area contributed by atoms with Gasteiger partial charge in [0.25, 0.3) is 0 Å². The van der Waals surface area contributed by atoms with Crippen molar-refractivity contribution in [2.24, 2.45) is 5.92 Å². The summed E-state index contributed by atoms with van der Waals surface area (Å²) >= 11 is 1.89. The van der Waals surface area contributed by atoms with Gasteiger partial charge in [0.15, 0.2) is 0 Å². The maximum Gasteiger partial charge on any atom is 0.133 e. The van der Waals surface area contributed by atoms with Crippen molar-refractivity contribution in [3.63, 3.8) is 0 Å². The molecule has 1 heterocycles. The van der Waals surface area contributed by atoms with Crippen molar-refractivity contribution in [3.05, 3.63) is 48.6 Å². The maximum absolute atomic E-state index is 6.00. The number of allylic oxidation sites excluding steroid dienone is 2. The molecule has 1 nitrogen and oxygen atoms in total. The largest absolute Gasteiger partial charge is 0.485 e. The molecule has 0 fully saturated rings. The minimum absolute atomic E-state index is 0.214. The van der Waals surface area contributed by atoms with Crippen molar-refractivity contribution in [1.82, 2.24) is 0 Å². The number of hydrogen-bond acceptors (Lipinski definition) is 2. The first kappa shape index (κ1) is 9.10. The smallest absolute Gasteiger partial charge is 0.133 e. The number of benzene rings is 1. The summed E-state index contributed by atoms with van der Waals surface area (Å²) in [7, 11) is 0. The van der Waals surface area contributed by atoms with Gasteiger partial charge in [-0.15, -0.1) is 11.8 Å². The Balaban J connectivity index is 1.96. The summed E-state index contributed by atoms with van der Waals surface area (Å²) in [6.45, 7) is 0. The van der Waals surface area contributed by atoms with Gasteiger partial charge in [0, 0.05) is 16.6 Å². The van der Waals surface area contributed by atoms with Crippen molar-refractivity contribution in [1.29, 1.82) is 0 Å². The van der Waals surface area contributed by atoms with Crippen molar-refractivity contribution in [2.45, 2.75) is 11.0 Å². The fraction of sp³-hybridized carbons (Fsp3) is 0.231. The summed E-state index contributed by atoms with van der Waals surface area (Å²) in [6.07, 6.45) is 8.78. The molecule has 0 saturated carbocycles. The Morgan fingerprint density at radius 1 is 1.13 bits per heavy atom. The van der Waals surface area contributed by atoms with Gasteiger partial charge in [-0.05, 0) is 18.2 Å². The lowest BCUT2D eigenvalue weighted by Crippen LogP contribution is -2.25. The van der Waals surface area contributed by atoms with E-state index in [0.717, 1.165) is 11.5 Å². The van der Waals surface area contributed by atoms with E-state index in [1.54, 1.807) is 0 Å². The molecule has 2 atom stereocenters. The molecule has 2 aliphatic rings. The lowest BCUT2D eigenvalue weighted by Gasteiger charge is -2.21.